The van der Waals surface area contributed by atoms with Gasteiger partial charge in [0.15, 0.2) is 0 Å². The van der Waals surface area contributed by atoms with Crippen molar-refractivity contribution in [1.29, 1.82) is 0 Å². The summed E-state index contributed by atoms with van der Waals surface area (Å²) in [5.41, 5.74) is 5.62. The summed E-state index contributed by atoms with van der Waals surface area (Å²) in [5, 5.41) is 0. The Kier molecular flexibility index (Phi) is 5.49. The van der Waals surface area contributed by atoms with Crippen LogP contribution in [0.1, 0.15) is 16.7 Å². The minimum absolute atomic E-state index is 0.173. The van der Waals surface area contributed by atoms with Crippen LogP contribution in [-0.2, 0) is 24.3 Å². The first kappa shape index (κ1) is 15.2. The predicted molar refractivity (Wildman–Crippen MR) is 84.1 cm³/mol. The number of hydrazine groups is 1. The molecule has 4 nitrogen and oxygen atoms in total. The average Bonchev–Trinajstić information content (AvgIpc) is 2.50. The Morgan fingerprint density at radius 2 is 1.62 bits per heavy atom. The smallest absolute Gasteiger partial charge is 0.238 e. The highest BCUT2D eigenvalue weighted by atomic mass is 16.2. The summed E-state index contributed by atoms with van der Waals surface area (Å²) in [7, 11) is 2.08. The molecule has 0 spiro atoms. The molecular weight excluding hydrogens is 262 g/mol. The summed E-state index contributed by atoms with van der Waals surface area (Å²) in [4.78, 5) is 13.7. The van der Waals surface area contributed by atoms with Gasteiger partial charge in [0.2, 0.25) is 5.91 Å². The lowest BCUT2D eigenvalue weighted by Crippen LogP contribution is -2.31. The van der Waals surface area contributed by atoms with Gasteiger partial charge in [0, 0.05) is 13.1 Å². The van der Waals surface area contributed by atoms with Gasteiger partial charge in [0.1, 0.15) is 0 Å². The number of carbonyl (C=O) groups excluding carboxylic acids is 1. The molecule has 0 saturated heterocycles. The second-order valence-corrected chi connectivity index (χ2v) is 5.17. The summed E-state index contributed by atoms with van der Waals surface area (Å²) in [6.45, 7) is 1.67. The third-order valence-electron chi connectivity index (χ3n) is 3.37. The molecule has 21 heavy (non-hydrogen) atoms. The standard InChI is InChI=1S/C17H21N3O/c1-20(12-14-7-3-2-4-8-14)13-16-10-6-5-9-15(16)11-17(21)19-18/h2-10H,11-13,18H2,1H3,(H,19,21). The monoisotopic (exact) mass is 283 g/mol. The van der Waals surface area contributed by atoms with E-state index in [4.69, 9.17) is 5.84 Å². The number of hydrogen-bond acceptors (Lipinski definition) is 3. The summed E-state index contributed by atoms with van der Waals surface area (Å²) in [6, 6.07) is 18.3. The molecule has 3 N–H and O–H groups in total. The molecule has 0 fully saturated rings. The van der Waals surface area contributed by atoms with E-state index < -0.39 is 0 Å². The normalized spacial score (nSPS) is 10.6. The molecule has 0 atom stereocenters. The van der Waals surface area contributed by atoms with Crippen molar-refractivity contribution in [3.63, 3.8) is 0 Å². The number of rotatable bonds is 6. The van der Waals surface area contributed by atoms with Crippen molar-refractivity contribution in [3.8, 4) is 0 Å². The fourth-order valence-electron chi connectivity index (χ4n) is 2.35. The number of amides is 1. The summed E-state index contributed by atoms with van der Waals surface area (Å²) in [6.07, 6.45) is 0.311. The third-order valence-corrected chi connectivity index (χ3v) is 3.37. The van der Waals surface area contributed by atoms with Crippen LogP contribution in [0.5, 0.6) is 0 Å². The van der Waals surface area contributed by atoms with E-state index in [9.17, 15) is 4.79 Å². The zero-order valence-corrected chi connectivity index (χ0v) is 12.3. The molecule has 0 bridgehead atoms. The number of nitrogens with two attached hydrogens (primary N) is 1. The zero-order chi connectivity index (χ0) is 15.1. The largest absolute Gasteiger partial charge is 0.298 e. The van der Waals surface area contributed by atoms with Crippen LogP contribution in [0.4, 0.5) is 0 Å². The molecule has 110 valence electrons. The van der Waals surface area contributed by atoms with Gasteiger partial charge in [-0.2, -0.15) is 0 Å². The van der Waals surface area contributed by atoms with Crippen molar-refractivity contribution in [2.24, 2.45) is 5.84 Å². The van der Waals surface area contributed by atoms with Gasteiger partial charge < -0.3 is 0 Å². The minimum Gasteiger partial charge on any atom is -0.298 e. The maximum absolute atomic E-state index is 11.5. The van der Waals surface area contributed by atoms with Crippen molar-refractivity contribution in [3.05, 3.63) is 71.3 Å². The summed E-state index contributed by atoms with van der Waals surface area (Å²) in [5.74, 6) is 4.99. The number of nitrogens with one attached hydrogen (secondary N) is 1. The van der Waals surface area contributed by atoms with E-state index in [1.807, 2.05) is 36.4 Å². The molecule has 2 aromatic carbocycles. The van der Waals surface area contributed by atoms with Crippen molar-refractivity contribution in [1.82, 2.24) is 10.3 Å². The second-order valence-electron chi connectivity index (χ2n) is 5.17. The molecule has 0 heterocycles. The van der Waals surface area contributed by atoms with Crippen molar-refractivity contribution in [2.45, 2.75) is 19.5 Å². The molecule has 0 aliphatic carbocycles. The number of nitrogens with zero attached hydrogens (tertiary/aromatic N) is 1. The maximum atomic E-state index is 11.5. The molecular formula is C17H21N3O. The number of carbonyl (C=O) groups is 1. The molecule has 1 amide bonds. The Morgan fingerprint density at radius 3 is 2.29 bits per heavy atom. The maximum Gasteiger partial charge on any atom is 0.238 e. The molecule has 2 aromatic rings. The van der Waals surface area contributed by atoms with E-state index in [1.54, 1.807) is 0 Å². The Labute approximate surface area is 125 Å². The minimum atomic E-state index is -0.173. The quantitative estimate of drug-likeness (QED) is 0.483. The molecule has 0 saturated carbocycles. The van der Waals surface area contributed by atoms with Gasteiger partial charge in [-0.1, -0.05) is 54.6 Å². The van der Waals surface area contributed by atoms with Gasteiger partial charge >= 0.3 is 0 Å². The van der Waals surface area contributed by atoms with Gasteiger partial charge in [-0.15, -0.1) is 0 Å². The van der Waals surface area contributed by atoms with Crippen molar-refractivity contribution >= 4 is 5.91 Å². The lowest BCUT2D eigenvalue weighted by molar-refractivity contribution is -0.120. The van der Waals surface area contributed by atoms with Gasteiger partial charge in [-0.25, -0.2) is 5.84 Å². The van der Waals surface area contributed by atoms with Crippen LogP contribution in [0.3, 0.4) is 0 Å². The van der Waals surface area contributed by atoms with Crippen LogP contribution in [0.15, 0.2) is 54.6 Å². The lowest BCUT2D eigenvalue weighted by Gasteiger charge is -2.19. The Hall–Kier alpha value is -2.17. The van der Waals surface area contributed by atoms with Crippen molar-refractivity contribution in [2.75, 3.05) is 7.05 Å². The van der Waals surface area contributed by atoms with Crippen molar-refractivity contribution < 1.29 is 4.79 Å². The predicted octanol–water partition coefficient (Wildman–Crippen LogP) is 1.85. The van der Waals surface area contributed by atoms with E-state index in [1.165, 1.54) is 5.56 Å². The zero-order valence-electron chi connectivity index (χ0n) is 12.3. The van der Waals surface area contributed by atoms with Crippen LogP contribution in [0, 0.1) is 0 Å². The number of benzene rings is 2. The highest BCUT2D eigenvalue weighted by Crippen LogP contribution is 2.13. The number of hydrogen-bond donors (Lipinski definition) is 2. The summed E-state index contributed by atoms with van der Waals surface area (Å²) >= 11 is 0. The second kappa shape index (κ2) is 7.57. The van der Waals surface area contributed by atoms with E-state index in [0.717, 1.165) is 24.2 Å². The highest BCUT2D eigenvalue weighted by Gasteiger charge is 2.09. The van der Waals surface area contributed by atoms with Gasteiger partial charge in [0.25, 0.3) is 0 Å². The molecule has 4 heteroatoms. The van der Waals surface area contributed by atoms with Crippen LogP contribution >= 0.6 is 0 Å². The van der Waals surface area contributed by atoms with E-state index in [2.05, 4.69) is 35.6 Å². The molecule has 0 unspecified atom stereocenters. The average molecular weight is 283 g/mol. The Morgan fingerprint density at radius 1 is 1.00 bits per heavy atom. The first-order chi connectivity index (χ1) is 10.2. The fraction of sp³-hybridized carbons (Fsp3) is 0.235. The van der Waals surface area contributed by atoms with Gasteiger partial charge in [-0.05, 0) is 23.7 Å². The SMILES string of the molecule is CN(Cc1ccccc1)Cc1ccccc1CC(=O)NN. The first-order valence-electron chi connectivity index (χ1n) is 6.97. The molecule has 0 aliphatic rings. The topological polar surface area (TPSA) is 58.4 Å². The van der Waals surface area contributed by atoms with E-state index >= 15 is 0 Å². The van der Waals surface area contributed by atoms with Crippen LogP contribution in [-0.4, -0.2) is 17.9 Å². The highest BCUT2D eigenvalue weighted by molar-refractivity contribution is 5.78. The third kappa shape index (κ3) is 4.70. The molecule has 0 aliphatic heterocycles. The van der Waals surface area contributed by atoms with Crippen LogP contribution in [0.2, 0.25) is 0 Å². The van der Waals surface area contributed by atoms with Gasteiger partial charge in [-0.3, -0.25) is 15.1 Å². The summed E-state index contributed by atoms with van der Waals surface area (Å²) < 4.78 is 0. The Bertz CT molecular complexity index is 584. The van der Waals surface area contributed by atoms with Crippen LogP contribution in [0.25, 0.3) is 0 Å². The fourth-order valence-corrected chi connectivity index (χ4v) is 2.35. The lowest BCUT2D eigenvalue weighted by atomic mass is 10.0. The van der Waals surface area contributed by atoms with E-state index in [-0.39, 0.29) is 5.91 Å². The Balaban J connectivity index is 2.03. The van der Waals surface area contributed by atoms with Crippen LogP contribution < -0.4 is 11.3 Å². The van der Waals surface area contributed by atoms with Gasteiger partial charge in [0.05, 0.1) is 6.42 Å². The molecule has 0 radical (unpaired) electrons. The molecule has 2 rings (SSSR count). The van der Waals surface area contributed by atoms with E-state index in [0.29, 0.717) is 6.42 Å². The first-order valence-corrected chi connectivity index (χ1v) is 6.97. The molecule has 0 aromatic heterocycles.